The Kier molecular flexibility index (Phi) is 9.41. The minimum atomic E-state index is -3.74. The van der Waals surface area contributed by atoms with Crippen molar-refractivity contribution in [1.29, 1.82) is 0 Å². The molecule has 11 heteroatoms. The highest BCUT2D eigenvalue weighted by molar-refractivity contribution is 7.89. The second-order valence-electron chi connectivity index (χ2n) is 8.40. The van der Waals surface area contributed by atoms with Gasteiger partial charge in [0.15, 0.2) is 11.5 Å². The molecule has 0 aromatic heterocycles. The summed E-state index contributed by atoms with van der Waals surface area (Å²) < 4.78 is 49.2. The van der Waals surface area contributed by atoms with Gasteiger partial charge in [0.2, 0.25) is 15.9 Å². The van der Waals surface area contributed by atoms with Gasteiger partial charge >= 0.3 is 0 Å². The summed E-state index contributed by atoms with van der Waals surface area (Å²) in [5.74, 6) is 1.75. The van der Waals surface area contributed by atoms with Crippen molar-refractivity contribution in [1.82, 2.24) is 9.21 Å². The van der Waals surface area contributed by atoms with Crippen LogP contribution >= 0.6 is 0 Å². The zero-order valence-electron chi connectivity index (χ0n) is 21.5. The van der Waals surface area contributed by atoms with Crippen molar-refractivity contribution < 1.29 is 32.2 Å². The quantitative estimate of drug-likeness (QED) is 0.442. The number of benzene rings is 2. The van der Waals surface area contributed by atoms with E-state index in [0.29, 0.717) is 62.1 Å². The molecule has 3 rings (SSSR count). The summed E-state index contributed by atoms with van der Waals surface area (Å²) in [7, 11) is 4.02. The summed E-state index contributed by atoms with van der Waals surface area (Å²) in [6, 6.07) is 10.4. The molecule has 0 unspecified atom stereocenters. The second-order valence-corrected chi connectivity index (χ2v) is 10.4. The van der Waals surface area contributed by atoms with Gasteiger partial charge in [-0.05, 0) is 42.3 Å². The van der Waals surface area contributed by atoms with Gasteiger partial charge in [-0.1, -0.05) is 6.07 Å². The lowest BCUT2D eigenvalue weighted by molar-refractivity contribution is -0.135. The minimum absolute atomic E-state index is 0.0483. The molecule has 0 saturated carbocycles. The first kappa shape index (κ1) is 27.6. The maximum atomic E-state index is 13.4. The van der Waals surface area contributed by atoms with Crippen LogP contribution in [0.4, 0.5) is 5.69 Å². The number of hydrogen-bond donors (Lipinski definition) is 0. The predicted molar refractivity (Wildman–Crippen MR) is 137 cm³/mol. The molecule has 2 aromatic carbocycles. The Bertz CT molecular complexity index is 1150. The van der Waals surface area contributed by atoms with Gasteiger partial charge in [0.1, 0.15) is 12.4 Å². The van der Waals surface area contributed by atoms with E-state index in [1.807, 2.05) is 17.0 Å². The summed E-state index contributed by atoms with van der Waals surface area (Å²) in [5, 5.41) is 0. The Morgan fingerprint density at radius 1 is 0.889 bits per heavy atom. The van der Waals surface area contributed by atoms with Crippen LogP contribution in [0.25, 0.3) is 0 Å². The number of amides is 1. The first-order chi connectivity index (χ1) is 17.2. The van der Waals surface area contributed by atoms with E-state index >= 15 is 0 Å². The molecule has 1 amide bonds. The van der Waals surface area contributed by atoms with Gasteiger partial charge < -0.3 is 28.7 Å². The van der Waals surface area contributed by atoms with Gasteiger partial charge in [-0.2, -0.15) is 0 Å². The second kappa shape index (κ2) is 12.3. The molecule has 1 aliphatic heterocycles. The molecule has 2 aromatic rings. The van der Waals surface area contributed by atoms with E-state index in [-0.39, 0.29) is 17.4 Å². The van der Waals surface area contributed by atoms with Crippen LogP contribution < -0.4 is 19.1 Å². The highest BCUT2D eigenvalue weighted by Gasteiger charge is 2.26. The lowest BCUT2D eigenvalue weighted by Crippen LogP contribution is -2.49. The average Bonchev–Trinajstić information content (AvgIpc) is 2.91. The number of anilines is 1. The highest BCUT2D eigenvalue weighted by Crippen LogP contribution is 2.33. The van der Waals surface area contributed by atoms with Crippen LogP contribution in [0.3, 0.4) is 0 Å². The monoisotopic (exact) mass is 521 g/mol. The topological polar surface area (TPSA) is 97.9 Å². The molecule has 0 radical (unpaired) electrons. The van der Waals surface area contributed by atoms with Crippen molar-refractivity contribution in [3.63, 3.8) is 0 Å². The minimum Gasteiger partial charge on any atom is -0.495 e. The van der Waals surface area contributed by atoms with E-state index in [9.17, 15) is 13.2 Å². The van der Waals surface area contributed by atoms with Crippen molar-refractivity contribution in [3.05, 3.63) is 42.0 Å². The number of hydrogen-bond acceptors (Lipinski definition) is 8. The van der Waals surface area contributed by atoms with Crippen molar-refractivity contribution >= 4 is 21.6 Å². The van der Waals surface area contributed by atoms with E-state index in [2.05, 4.69) is 0 Å². The Morgan fingerprint density at radius 3 is 2.14 bits per heavy atom. The molecule has 0 bridgehead atoms. The van der Waals surface area contributed by atoms with Crippen LogP contribution in [0.15, 0.2) is 41.3 Å². The number of piperazine rings is 1. The maximum Gasteiger partial charge on any atom is 0.248 e. The van der Waals surface area contributed by atoms with Crippen LogP contribution in [0.5, 0.6) is 17.2 Å². The first-order valence-electron chi connectivity index (χ1n) is 11.6. The summed E-state index contributed by atoms with van der Waals surface area (Å²) in [6.07, 6.45) is 0.510. The number of carbonyl (C=O) groups excluding carboxylic acids is 1. The van der Waals surface area contributed by atoms with E-state index in [1.54, 1.807) is 57.5 Å². The Labute approximate surface area is 213 Å². The Balaban J connectivity index is 1.73. The first-order valence-corrected chi connectivity index (χ1v) is 13.1. The molecule has 0 aliphatic carbocycles. The number of methoxy groups -OCH3 is 4. The maximum absolute atomic E-state index is 13.4. The van der Waals surface area contributed by atoms with Crippen LogP contribution in [-0.2, 0) is 26.0 Å². The van der Waals surface area contributed by atoms with Gasteiger partial charge in [0.25, 0.3) is 0 Å². The zero-order valence-corrected chi connectivity index (χ0v) is 22.3. The molecule has 1 aliphatic rings. The Hall–Kier alpha value is -3.02. The number of likely N-dealkylation sites (N-methyl/N-ethyl adjacent to an activating group) is 1. The number of sulfonamides is 1. The smallest absolute Gasteiger partial charge is 0.248 e. The molecule has 36 heavy (non-hydrogen) atoms. The fourth-order valence-corrected chi connectivity index (χ4v) is 5.30. The fraction of sp³-hybridized carbons (Fsp3) is 0.480. The van der Waals surface area contributed by atoms with Crippen LogP contribution in [0.1, 0.15) is 5.56 Å². The zero-order chi connectivity index (χ0) is 26.3. The highest BCUT2D eigenvalue weighted by atomic mass is 32.2. The normalized spacial score (nSPS) is 14.2. The summed E-state index contributed by atoms with van der Waals surface area (Å²) >= 11 is 0. The summed E-state index contributed by atoms with van der Waals surface area (Å²) in [4.78, 5) is 16.1. The van der Waals surface area contributed by atoms with Crippen molar-refractivity contribution in [2.75, 3.05) is 79.7 Å². The van der Waals surface area contributed by atoms with Crippen molar-refractivity contribution in [2.24, 2.45) is 0 Å². The fourth-order valence-electron chi connectivity index (χ4n) is 4.11. The molecule has 1 heterocycles. The third kappa shape index (κ3) is 6.21. The van der Waals surface area contributed by atoms with Gasteiger partial charge in [0.05, 0.1) is 31.9 Å². The van der Waals surface area contributed by atoms with Crippen LogP contribution in [0, 0.1) is 0 Å². The van der Waals surface area contributed by atoms with E-state index < -0.39 is 10.0 Å². The van der Waals surface area contributed by atoms with Crippen molar-refractivity contribution in [2.45, 2.75) is 11.3 Å². The third-order valence-corrected chi connectivity index (χ3v) is 8.12. The molecule has 0 atom stereocenters. The molecule has 0 spiro atoms. The van der Waals surface area contributed by atoms with Gasteiger partial charge in [0, 0.05) is 46.9 Å². The molecule has 1 fully saturated rings. The summed E-state index contributed by atoms with van der Waals surface area (Å²) in [5.41, 5.74) is 1.62. The lowest BCUT2D eigenvalue weighted by Gasteiger charge is -2.36. The van der Waals surface area contributed by atoms with E-state index in [1.165, 1.54) is 11.4 Å². The SMILES string of the molecule is COCC(=O)N1CCN(c2cc(S(=O)(=O)N(C)CCc3ccc(OC)c(OC)c3)ccc2OC)CC1. The van der Waals surface area contributed by atoms with Gasteiger partial charge in [-0.3, -0.25) is 4.79 Å². The van der Waals surface area contributed by atoms with Crippen molar-refractivity contribution in [3.8, 4) is 17.2 Å². The number of ether oxygens (including phenoxy) is 4. The largest absolute Gasteiger partial charge is 0.495 e. The molecular weight excluding hydrogens is 486 g/mol. The van der Waals surface area contributed by atoms with E-state index in [0.717, 1.165) is 5.56 Å². The van der Waals surface area contributed by atoms with Gasteiger partial charge in [-0.15, -0.1) is 0 Å². The lowest BCUT2D eigenvalue weighted by atomic mass is 10.1. The van der Waals surface area contributed by atoms with Crippen LogP contribution in [0.2, 0.25) is 0 Å². The van der Waals surface area contributed by atoms with Gasteiger partial charge in [-0.25, -0.2) is 12.7 Å². The number of nitrogens with zero attached hydrogens (tertiary/aromatic N) is 3. The van der Waals surface area contributed by atoms with E-state index in [4.69, 9.17) is 18.9 Å². The molecule has 0 N–H and O–H groups in total. The molecule has 198 valence electrons. The molecule has 1 saturated heterocycles. The predicted octanol–water partition coefficient (Wildman–Crippen LogP) is 1.87. The number of carbonyl (C=O) groups is 1. The molecule has 10 nitrogen and oxygen atoms in total. The number of rotatable bonds is 11. The summed E-state index contributed by atoms with van der Waals surface area (Å²) in [6.45, 7) is 2.50. The standard InChI is InChI=1S/C25H35N3O7S/c1-26(11-10-19-6-8-23(34-4)24(16-19)35-5)36(30,31)20-7-9-22(33-3)21(17-20)27-12-14-28(15-13-27)25(29)18-32-2/h6-9,16-17H,10-15,18H2,1-5H3. The molecular formula is C25H35N3O7S. The average molecular weight is 522 g/mol. The Morgan fingerprint density at radius 2 is 1.53 bits per heavy atom. The van der Waals surface area contributed by atoms with Crippen LogP contribution in [-0.4, -0.2) is 98.3 Å². The third-order valence-electron chi connectivity index (χ3n) is 6.26.